The van der Waals surface area contributed by atoms with Gasteiger partial charge in [0.25, 0.3) is 0 Å². The van der Waals surface area contributed by atoms with Crippen molar-refractivity contribution >= 4 is 9.84 Å². The van der Waals surface area contributed by atoms with Gasteiger partial charge in [-0.25, -0.2) is 8.42 Å². The molecule has 1 saturated heterocycles. The van der Waals surface area contributed by atoms with Gasteiger partial charge in [-0.2, -0.15) is 0 Å². The standard InChI is InChI=1S/C15H24N2O2S/c1-20(18,19)12-9-16-15-8-11-17(13-15)10-7-14-5-3-2-4-6-14/h2-6,15-16H,7-13H2,1H3. The van der Waals surface area contributed by atoms with Crippen molar-refractivity contribution in [3.63, 3.8) is 0 Å². The number of benzene rings is 1. The summed E-state index contributed by atoms with van der Waals surface area (Å²) in [7, 11) is -2.85. The zero-order chi connectivity index (χ0) is 14.4. The molecule has 1 aliphatic rings. The fraction of sp³-hybridized carbons (Fsp3) is 0.600. The number of sulfone groups is 1. The summed E-state index contributed by atoms with van der Waals surface area (Å²) in [6.07, 6.45) is 3.48. The Morgan fingerprint density at radius 2 is 2.05 bits per heavy atom. The van der Waals surface area contributed by atoms with Crippen LogP contribution in [-0.2, 0) is 16.3 Å². The molecule has 1 heterocycles. The maximum Gasteiger partial charge on any atom is 0.148 e. The van der Waals surface area contributed by atoms with Crippen LogP contribution < -0.4 is 5.32 Å². The van der Waals surface area contributed by atoms with Crippen LogP contribution in [-0.4, -0.2) is 57.5 Å². The fourth-order valence-corrected chi connectivity index (χ4v) is 3.07. The van der Waals surface area contributed by atoms with E-state index in [0.29, 0.717) is 12.6 Å². The Morgan fingerprint density at radius 1 is 1.30 bits per heavy atom. The monoisotopic (exact) mass is 296 g/mol. The van der Waals surface area contributed by atoms with E-state index >= 15 is 0 Å². The minimum absolute atomic E-state index is 0.230. The lowest BCUT2D eigenvalue weighted by molar-refractivity contribution is 0.332. The molecule has 112 valence electrons. The third kappa shape index (κ3) is 5.61. The zero-order valence-corrected chi connectivity index (χ0v) is 12.9. The molecule has 1 aromatic carbocycles. The highest BCUT2D eigenvalue weighted by Gasteiger charge is 2.21. The highest BCUT2D eigenvalue weighted by molar-refractivity contribution is 7.90. The average Bonchev–Trinajstić information content (AvgIpc) is 2.84. The van der Waals surface area contributed by atoms with Crippen LogP contribution in [0.25, 0.3) is 0 Å². The first-order valence-corrected chi connectivity index (χ1v) is 9.26. The predicted molar refractivity (Wildman–Crippen MR) is 82.7 cm³/mol. The van der Waals surface area contributed by atoms with Crippen molar-refractivity contribution < 1.29 is 8.42 Å². The third-order valence-corrected chi connectivity index (χ3v) is 4.68. The van der Waals surface area contributed by atoms with Crippen molar-refractivity contribution in [1.29, 1.82) is 0 Å². The maximum atomic E-state index is 11.1. The van der Waals surface area contributed by atoms with Crippen molar-refractivity contribution in [2.45, 2.75) is 18.9 Å². The molecule has 1 unspecified atom stereocenters. The Bertz CT molecular complexity index is 502. The van der Waals surface area contributed by atoms with Gasteiger partial charge in [-0.15, -0.1) is 0 Å². The molecule has 0 saturated carbocycles. The molecule has 1 N–H and O–H groups in total. The molecule has 0 aromatic heterocycles. The highest BCUT2D eigenvalue weighted by Crippen LogP contribution is 2.10. The van der Waals surface area contributed by atoms with Gasteiger partial charge in [0.05, 0.1) is 5.75 Å². The summed E-state index contributed by atoms with van der Waals surface area (Å²) in [6.45, 7) is 3.77. The van der Waals surface area contributed by atoms with E-state index < -0.39 is 9.84 Å². The summed E-state index contributed by atoms with van der Waals surface area (Å²) in [4.78, 5) is 2.45. The van der Waals surface area contributed by atoms with Crippen LogP contribution in [0.5, 0.6) is 0 Å². The molecule has 4 nitrogen and oxygen atoms in total. The van der Waals surface area contributed by atoms with Gasteiger partial charge in [-0.1, -0.05) is 30.3 Å². The smallest absolute Gasteiger partial charge is 0.148 e. The van der Waals surface area contributed by atoms with E-state index in [1.807, 2.05) is 6.07 Å². The van der Waals surface area contributed by atoms with Crippen molar-refractivity contribution in [1.82, 2.24) is 10.2 Å². The lowest BCUT2D eigenvalue weighted by atomic mass is 10.1. The summed E-state index contributed by atoms with van der Waals surface area (Å²) in [6, 6.07) is 11.0. The first-order valence-electron chi connectivity index (χ1n) is 7.20. The van der Waals surface area contributed by atoms with Crippen LogP contribution in [0.4, 0.5) is 0 Å². The SMILES string of the molecule is CS(=O)(=O)CCNC1CCN(CCc2ccccc2)C1. The largest absolute Gasteiger partial charge is 0.312 e. The van der Waals surface area contributed by atoms with Gasteiger partial charge < -0.3 is 10.2 Å². The van der Waals surface area contributed by atoms with Crippen LogP contribution in [0.2, 0.25) is 0 Å². The molecule has 0 bridgehead atoms. The first kappa shape index (κ1) is 15.5. The minimum atomic E-state index is -2.85. The number of hydrogen-bond donors (Lipinski definition) is 1. The number of hydrogen-bond acceptors (Lipinski definition) is 4. The van der Waals surface area contributed by atoms with E-state index in [4.69, 9.17) is 0 Å². The normalized spacial score (nSPS) is 20.4. The van der Waals surface area contributed by atoms with Crippen molar-refractivity contribution in [2.24, 2.45) is 0 Å². The lowest BCUT2D eigenvalue weighted by Crippen LogP contribution is -2.35. The molecule has 5 heteroatoms. The van der Waals surface area contributed by atoms with Crippen LogP contribution >= 0.6 is 0 Å². The summed E-state index contributed by atoms with van der Waals surface area (Å²) in [5.41, 5.74) is 1.38. The topological polar surface area (TPSA) is 49.4 Å². The third-order valence-electron chi connectivity index (χ3n) is 3.74. The molecule has 0 aliphatic carbocycles. The predicted octanol–water partition coefficient (Wildman–Crippen LogP) is 0.938. The second-order valence-electron chi connectivity index (χ2n) is 5.61. The lowest BCUT2D eigenvalue weighted by Gasteiger charge is -2.16. The van der Waals surface area contributed by atoms with Gasteiger partial charge in [-0.3, -0.25) is 0 Å². The minimum Gasteiger partial charge on any atom is -0.312 e. The Hall–Kier alpha value is -0.910. The summed E-state index contributed by atoms with van der Waals surface area (Å²) in [5, 5.41) is 3.35. The number of nitrogens with zero attached hydrogens (tertiary/aromatic N) is 1. The van der Waals surface area contributed by atoms with Crippen molar-refractivity contribution in [3.05, 3.63) is 35.9 Å². The maximum absolute atomic E-state index is 11.1. The molecule has 0 spiro atoms. The zero-order valence-electron chi connectivity index (χ0n) is 12.1. The summed E-state index contributed by atoms with van der Waals surface area (Å²) >= 11 is 0. The summed E-state index contributed by atoms with van der Waals surface area (Å²) < 4.78 is 22.2. The molecule has 20 heavy (non-hydrogen) atoms. The number of nitrogens with one attached hydrogen (secondary N) is 1. The van der Waals surface area contributed by atoms with Gasteiger partial charge in [-0.05, 0) is 24.9 Å². The molecule has 0 radical (unpaired) electrons. The van der Waals surface area contributed by atoms with Crippen LogP contribution in [0, 0.1) is 0 Å². The van der Waals surface area contributed by atoms with Gasteiger partial charge in [0.15, 0.2) is 0 Å². The molecule has 1 aromatic rings. The summed E-state index contributed by atoms with van der Waals surface area (Å²) in [5.74, 6) is 0.230. The van der Waals surface area contributed by atoms with Crippen LogP contribution in [0.15, 0.2) is 30.3 Å². The molecular formula is C15H24N2O2S. The molecular weight excluding hydrogens is 272 g/mol. The van der Waals surface area contributed by atoms with Gasteiger partial charge >= 0.3 is 0 Å². The van der Waals surface area contributed by atoms with Crippen molar-refractivity contribution in [3.8, 4) is 0 Å². The Morgan fingerprint density at radius 3 is 2.75 bits per heavy atom. The quantitative estimate of drug-likeness (QED) is 0.813. The van der Waals surface area contributed by atoms with E-state index in [-0.39, 0.29) is 5.75 Å². The Labute approximate surface area is 122 Å². The van der Waals surface area contributed by atoms with Crippen molar-refractivity contribution in [2.75, 3.05) is 38.2 Å². The molecule has 1 fully saturated rings. The molecule has 1 atom stereocenters. The van der Waals surface area contributed by atoms with Gasteiger partial charge in [0.2, 0.25) is 0 Å². The van der Waals surface area contributed by atoms with Crippen LogP contribution in [0.1, 0.15) is 12.0 Å². The second-order valence-corrected chi connectivity index (χ2v) is 7.87. The molecule has 1 aliphatic heterocycles. The first-order chi connectivity index (χ1) is 9.53. The fourth-order valence-electron chi connectivity index (χ4n) is 2.58. The van der Waals surface area contributed by atoms with Gasteiger partial charge in [0.1, 0.15) is 9.84 Å². The van der Waals surface area contributed by atoms with Gasteiger partial charge in [0, 0.05) is 31.9 Å². The highest BCUT2D eigenvalue weighted by atomic mass is 32.2. The Balaban J connectivity index is 1.65. The van der Waals surface area contributed by atoms with E-state index in [0.717, 1.165) is 32.5 Å². The second kappa shape index (κ2) is 7.20. The number of likely N-dealkylation sites (tertiary alicyclic amines) is 1. The van der Waals surface area contributed by atoms with E-state index in [1.54, 1.807) is 0 Å². The molecule has 2 rings (SSSR count). The molecule has 0 amide bonds. The van der Waals surface area contributed by atoms with E-state index in [9.17, 15) is 8.42 Å². The average molecular weight is 296 g/mol. The van der Waals surface area contributed by atoms with Crippen LogP contribution in [0.3, 0.4) is 0 Å². The number of rotatable bonds is 7. The Kier molecular flexibility index (Phi) is 5.57. The van der Waals surface area contributed by atoms with E-state index in [1.165, 1.54) is 11.8 Å². The van der Waals surface area contributed by atoms with E-state index in [2.05, 4.69) is 34.5 Å².